The van der Waals surface area contributed by atoms with Gasteiger partial charge >= 0.3 is 0 Å². The Morgan fingerprint density at radius 2 is 1.70 bits per heavy atom. The predicted octanol–water partition coefficient (Wildman–Crippen LogP) is 3.00. The van der Waals surface area contributed by atoms with Crippen LogP contribution in [0.2, 0.25) is 0 Å². The molecule has 0 bridgehead atoms. The van der Waals surface area contributed by atoms with E-state index in [-0.39, 0.29) is 12.5 Å². The van der Waals surface area contributed by atoms with Crippen LogP contribution in [-0.2, 0) is 4.79 Å². The molecule has 0 aliphatic heterocycles. The topological polar surface area (TPSA) is 59.9 Å². The van der Waals surface area contributed by atoms with Crippen molar-refractivity contribution in [2.45, 2.75) is 13.3 Å². The van der Waals surface area contributed by atoms with Crippen molar-refractivity contribution >= 4 is 11.6 Å². The third-order valence-electron chi connectivity index (χ3n) is 3.19. The third kappa shape index (κ3) is 5.14. The number of methoxy groups -OCH3 is 1. The van der Waals surface area contributed by atoms with Gasteiger partial charge in [0.25, 0.3) is 5.91 Å². The maximum absolute atomic E-state index is 11.8. The van der Waals surface area contributed by atoms with Gasteiger partial charge in [0.15, 0.2) is 6.61 Å². The zero-order chi connectivity index (χ0) is 16.5. The monoisotopic (exact) mass is 312 g/mol. The fraction of sp³-hybridized carbons (Fsp3) is 0.222. The van der Waals surface area contributed by atoms with Gasteiger partial charge in [-0.3, -0.25) is 4.79 Å². The van der Waals surface area contributed by atoms with Gasteiger partial charge in [-0.15, -0.1) is 0 Å². The van der Waals surface area contributed by atoms with Gasteiger partial charge in [0.2, 0.25) is 0 Å². The summed E-state index contributed by atoms with van der Waals surface area (Å²) in [6, 6.07) is 16.8. The smallest absolute Gasteiger partial charge is 0.277 e. The molecule has 1 amide bonds. The first kappa shape index (κ1) is 16.5. The first-order valence-corrected chi connectivity index (χ1v) is 7.40. The summed E-state index contributed by atoms with van der Waals surface area (Å²) in [6.45, 7) is 1.90. The van der Waals surface area contributed by atoms with Crippen molar-refractivity contribution in [1.82, 2.24) is 5.43 Å². The molecule has 0 heterocycles. The van der Waals surface area contributed by atoms with Crippen LogP contribution in [-0.4, -0.2) is 25.3 Å². The summed E-state index contributed by atoms with van der Waals surface area (Å²) < 4.78 is 10.5. The van der Waals surface area contributed by atoms with Crippen LogP contribution in [0.15, 0.2) is 59.7 Å². The number of ether oxygens (including phenoxy) is 2. The molecule has 1 N–H and O–H groups in total. The fourth-order valence-electron chi connectivity index (χ4n) is 1.96. The Balaban J connectivity index is 1.87. The summed E-state index contributed by atoms with van der Waals surface area (Å²) in [4.78, 5) is 11.8. The van der Waals surface area contributed by atoms with E-state index in [4.69, 9.17) is 9.47 Å². The highest BCUT2D eigenvalue weighted by molar-refractivity contribution is 6.00. The van der Waals surface area contributed by atoms with Crippen molar-refractivity contribution in [2.75, 3.05) is 13.7 Å². The van der Waals surface area contributed by atoms with Gasteiger partial charge in [0.1, 0.15) is 11.5 Å². The molecule has 0 saturated heterocycles. The maximum atomic E-state index is 11.8. The molecular formula is C18H20N2O3. The van der Waals surface area contributed by atoms with Crippen molar-refractivity contribution in [2.24, 2.45) is 5.10 Å². The number of nitrogens with one attached hydrogen (secondary N) is 1. The molecule has 0 atom stereocenters. The van der Waals surface area contributed by atoms with E-state index in [1.165, 1.54) is 0 Å². The molecule has 120 valence electrons. The number of rotatable bonds is 7. The molecule has 0 radical (unpaired) electrons. The Hall–Kier alpha value is -2.82. The first-order chi connectivity index (χ1) is 11.2. The fourth-order valence-corrected chi connectivity index (χ4v) is 1.96. The molecule has 2 aromatic rings. The molecule has 0 aliphatic rings. The van der Waals surface area contributed by atoms with Crippen LogP contribution in [0.5, 0.6) is 11.5 Å². The van der Waals surface area contributed by atoms with Crippen LogP contribution in [0.25, 0.3) is 0 Å². The molecule has 0 spiro atoms. The van der Waals surface area contributed by atoms with Gasteiger partial charge in [-0.25, -0.2) is 5.43 Å². The van der Waals surface area contributed by atoms with Crippen molar-refractivity contribution in [3.8, 4) is 11.5 Å². The van der Waals surface area contributed by atoms with Crippen LogP contribution in [0.4, 0.5) is 0 Å². The van der Waals surface area contributed by atoms with E-state index in [2.05, 4.69) is 10.5 Å². The van der Waals surface area contributed by atoms with Gasteiger partial charge in [-0.1, -0.05) is 37.3 Å². The van der Waals surface area contributed by atoms with Crippen LogP contribution < -0.4 is 14.9 Å². The Kier molecular flexibility index (Phi) is 6.17. The van der Waals surface area contributed by atoms with Crippen molar-refractivity contribution in [3.05, 3.63) is 60.2 Å². The SMILES string of the molecule is CCC(=NNC(=O)COc1ccc(OC)cc1)c1ccccc1. The van der Waals surface area contributed by atoms with Crippen molar-refractivity contribution in [1.29, 1.82) is 0 Å². The van der Waals surface area contributed by atoms with Gasteiger partial charge in [-0.2, -0.15) is 5.10 Å². The molecule has 0 saturated carbocycles. The maximum Gasteiger partial charge on any atom is 0.277 e. The molecule has 0 aliphatic carbocycles. The number of amides is 1. The highest BCUT2D eigenvalue weighted by Crippen LogP contribution is 2.16. The van der Waals surface area contributed by atoms with E-state index in [1.54, 1.807) is 31.4 Å². The van der Waals surface area contributed by atoms with Crippen molar-refractivity contribution < 1.29 is 14.3 Å². The van der Waals surface area contributed by atoms with Crippen LogP contribution in [0.1, 0.15) is 18.9 Å². The summed E-state index contributed by atoms with van der Waals surface area (Å²) in [5.74, 6) is 1.04. The van der Waals surface area contributed by atoms with E-state index < -0.39 is 0 Å². The number of hydrogen-bond donors (Lipinski definition) is 1. The Labute approximate surface area is 135 Å². The number of carbonyl (C=O) groups is 1. The van der Waals surface area contributed by atoms with Crippen LogP contribution in [0.3, 0.4) is 0 Å². The summed E-state index contributed by atoms with van der Waals surface area (Å²) in [6.07, 6.45) is 0.726. The number of carbonyl (C=O) groups excluding carboxylic acids is 1. The summed E-state index contributed by atoms with van der Waals surface area (Å²) in [5, 5.41) is 4.17. The highest BCUT2D eigenvalue weighted by atomic mass is 16.5. The van der Waals surface area contributed by atoms with Gasteiger partial charge < -0.3 is 9.47 Å². The zero-order valence-electron chi connectivity index (χ0n) is 13.3. The van der Waals surface area contributed by atoms with Gasteiger partial charge in [0, 0.05) is 0 Å². The molecule has 5 heteroatoms. The lowest BCUT2D eigenvalue weighted by Gasteiger charge is -2.07. The van der Waals surface area contributed by atoms with E-state index >= 15 is 0 Å². The molecule has 0 fully saturated rings. The molecule has 0 unspecified atom stereocenters. The van der Waals surface area contributed by atoms with E-state index in [0.29, 0.717) is 5.75 Å². The van der Waals surface area contributed by atoms with E-state index in [9.17, 15) is 4.79 Å². The summed E-state index contributed by atoms with van der Waals surface area (Å²) >= 11 is 0. The number of benzene rings is 2. The number of hydrazone groups is 1. The second-order valence-corrected chi connectivity index (χ2v) is 4.78. The summed E-state index contributed by atoms with van der Waals surface area (Å²) in [5.41, 5.74) is 4.34. The Bertz CT molecular complexity index is 652. The number of nitrogens with zero attached hydrogens (tertiary/aromatic N) is 1. The highest BCUT2D eigenvalue weighted by Gasteiger charge is 2.04. The Morgan fingerprint density at radius 1 is 1.04 bits per heavy atom. The molecule has 5 nitrogen and oxygen atoms in total. The van der Waals surface area contributed by atoms with Crippen molar-refractivity contribution in [3.63, 3.8) is 0 Å². The van der Waals surface area contributed by atoms with E-state index in [1.807, 2.05) is 37.3 Å². The quantitative estimate of drug-likeness (QED) is 0.631. The molecular weight excluding hydrogens is 292 g/mol. The van der Waals surface area contributed by atoms with Crippen LogP contribution in [0, 0.1) is 0 Å². The normalized spacial score (nSPS) is 11.0. The lowest BCUT2D eigenvalue weighted by molar-refractivity contribution is -0.123. The Morgan fingerprint density at radius 3 is 2.30 bits per heavy atom. The van der Waals surface area contributed by atoms with Gasteiger partial charge in [0.05, 0.1) is 12.8 Å². The number of hydrogen-bond acceptors (Lipinski definition) is 4. The minimum atomic E-state index is -0.303. The first-order valence-electron chi connectivity index (χ1n) is 7.40. The standard InChI is InChI=1S/C18H20N2O3/c1-3-17(14-7-5-4-6-8-14)19-20-18(21)13-23-16-11-9-15(22-2)10-12-16/h4-12H,3,13H2,1-2H3,(H,20,21). The lowest BCUT2D eigenvalue weighted by atomic mass is 10.1. The minimum absolute atomic E-state index is 0.0956. The molecule has 2 rings (SSSR count). The molecule has 23 heavy (non-hydrogen) atoms. The largest absolute Gasteiger partial charge is 0.497 e. The van der Waals surface area contributed by atoms with Gasteiger partial charge in [-0.05, 0) is 36.2 Å². The van der Waals surface area contributed by atoms with E-state index in [0.717, 1.165) is 23.4 Å². The third-order valence-corrected chi connectivity index (χ3v) is 3.19. The zero-order valence-corrected chi connectivity index (χ0v) is 13.3. The van der Waals surface area contributed by atoms with Crippen LogP contribution >= 0.6 is 0 Å². The molecule has 0 aromatic heterocycles. The second-order valence-electron chi connectivity index (χ2n) is 4.78. The lowest BCUT2D eigenvalue weighted by Crippen LogP contribution is -2.26. The minimum Gasteiger partial charge on any atom is -0.497 e. The average molecular weight is 312 g/mol. The summed E-state index contributed by atoms with van der Waals surface area (Å²) in [7, 11) is 1.60. The average Bonchev–Trinajstić information content (AvgIpc) is 2.62. The predicted molar refractivity (Wildman–Crippen MR) is 89.9 cm³/mol. The second kappa shape index (κ2) is 8.58. The molecule has 2 aromatic carbocycles.